The zero-order valence-corrected chi connectivity index (χ0v) is 12.3. The Bertz CT molecular complexity index is 548. The highest BCUT2D eigenvalue weighted by molar-refractivity contribution is 6.18. The monoisotopic (exact) mass is 360 g/mol. The molecule has 0 saturated carbocycles. The van der Waals surface area contributed by atoms with Gasteiger partial charge in [0.2, 0.25) is 0 Å². The Balaban J connectivity index is 2.89. The summed E-state index contributed by atoms with van der Waals surface area (Å²) in [6.07, 6.45) is -4.86. The Morgan fingerprint density at radius 2 is 2.04 bits per heavy atom. The summed E-state index contributed by atoms with van der Waals surface area (Å²) in [4.78, 5) is 9.99. The average molecular weight is 361 g/mol. The van der Waals surface area contributed by atoms with Crippen LogP contribution in [0, 0.1) is 10.1 Å². The molecule has 11 heteroatoms. The van der Waals surface area contributed by atoms with Crippen LogP contribution in [-0.4, -0.2) is 47.5 Å². The van der Waals surface area contributed by atoms with Crippen molar-refractivity contribution in [3.63, 3.8) is 0 Å². The lowest BCUT2D eigenvalue weighted by Gasteiger charge is -2.16. The van der Waals surface area contributed by atoms with Crippen molar-refractivity contribution in [3.05, 3.63) is 28.3 Å². The van der Waals surface area contributed by atoms with Gasteiger partial charge < -0.3 is 15.2 Å². The lowest BCUT2D eigenvalue weighted by molar-refractivity contribution is -0.384. The molecule has 0 aliphatic rings. The Hall–Kier alpha value is -1.81. The van der Waals surface area contributed by atoms with Gasteiger partial charge in [-0.25, -0.2) is 8.78 Å². The number of aliphatic hydroxyl groups is 1. The van der Waals surface area contributed by atoms with Crippen LogP contribution in [0.1, 0.15) is 0 Å². The molecule has 130 valence electrons. The third-order valence-electron chi connectivity index (χ3n) is 2.57. The first-order valence-electron chi connectivity index (χ1n) is 6.22. The molecular formula is C12H13ClF4N2O4. The number of ether oxygens (including phenoxy) is 1. The topological polar surface area (TPSA) is 84.6 Å². The zero-order chi connectivity index (χ0) is 17.6. The second-order valence-electron chi connectivity index (χ2n) is 4.51. The fourth-order valence-corrected chi connectivity index (χ4v) is 1.52. The molecule has 1 rings (SSSR count). The number of halogens is 5. The molecule has 0 aliphatic heterocycles. The van der Waals surface area contributed by atoms with Crippen molar-refractivity contribution >= 4 is 23.0 Å². The van der Waals surface area contributed by atoms with E-state index in [-0.39, 0.29) is 23.9 Å². The second kappa shape index (κ2) is 8.16. The largest absolute Gasteiger partial charge is 0.487 e. The van der Waals surface area contributed by atoms with Crippen molar-refractivity contribution in [1.29, 1.82) is 0 Å². The first kappa shape index (κ1) is 19.2. The second-order valence-corrected chi connectivity index (χ2v) is 4.82. The van der Waals surface area contributed by atoms with Crippen molar-refractivity contribution in [1.82, 2.24) is 0 Å². The summed E-state index contributed by atoms with van der Waals surface area (Å²) in [6, 6.07) is 3.00. The van der Waals surface area contributed by atoms with E-state index in [0.29, 0.717) is 0 Å². The summed E-state index contributed by atoms with van der Waals surface area (Å²) >= 11 is 5.38. The van der Waals surface area contributed by atoms with E-state index in [0.717, 1.165) is 18.2 Å². The minimum atomic E-state index is -4.38. The molecule has 1 aromatic rings. The molecule has 1 aromatic carbocycles. The number of nitro benzene ring substituents is 1. The Morgan fingerprint density at radius 3 is 2.57 bits per heavy atom. The number of anilines is 1. The van der Waals surface area contributed by atoms with Crippen molar-refractivity contribution < 1.29 is 32.3 Å². The van der Waals surface area contributed by atoms with E-state index < -0.39 is 35.7 Å². The van der Waals surface area contributed by atoms with Crippen molar-refractivity contribution in [2.75, 3.05) is 24.3 Å². The number of alkyl halides is 5. The standard InChI is InChI=1S/C12H13ClF4N2O4/c13-4-9(20)5-18-7-1-8(19(21)22)3-10(2-7)23-6-12(16,17)11(14)15/h1-3,9,11,18,20H,4-6H2. The normalized spacial score (nSPS) is 13.0. The van der Waals surface area contributed by atoms with Crippen LogP contribution < -0.4 is 10.1 Å². The van der Waals surface area contributed by atoms with Gasteiger partial charge in [0.15, 0.2) is 6.61 Å². The van der Waals surface area contributed by atoms with Gasteiger partial charge in [-0.2, -0.15) is 8.78 Å². The Labute approximate surface area is 133 Å². The molecule has 0 fully saturated rings. The van der Waals surface area contributed by atoms with E-state index in [2.05, 4.69) is 10.1 Å². The van der Waals surface area contributed by atoms with E-state index in [1.54, 1.807) is 0 Å². The number of nitrogens with one attached hydrogen (secondary N) is 1. The summed E-state index contributed by atoms with van der Waals surface area (Å²) in [5.74, 6) is -4.86. The summed E-state index contributed by atoms with van der Waals surface area (Å²) < 4.78 is 54.3. The highest BCUT2D eigenvalue weighted by atomic mass is 35.5. The van der Waals surface area contributed by atoms with Gasteiger partial charge in [0, 0.05) is 24.4 Å². The van der Waals surface area contributed by atoms with Crippen molar-refractivity contribution in [2.24, 2.45) is 0 Å². The maximum absolute atomic E-state index is 12.8. The highest BCUT2D eigenvalue weighted by Gasteiger charge is 2.41. The molecule has 0 aromatic heterocycles. The van der Waals surface area contributed by atoms with Crippen LogP contribution in [0.15, 0.2) is 18.2 Å². The molecule has 1 unspecified atom stereocenters. The first-order chi connectivity index (χ1) is 10.7. The number of aliphatic hydroxyl groups excluding tert-OH is 1. The van der Waals surface area contributed by atoms with Crippen LogP contribution in [0.4, 0.5) is 28.9 Å². The van der Waals surface area contributed by atoms with Gasteiger partial charge in [0.25, 0.3) is 5.69 Å². The lowest BCUT2D eigenvalue weighted by Crippen LogP contribution is -2.33. The average Bonchev–Trinajstić information content (AvgIpc) is 2.50. The van der Waals surface area contributed by atoms with E-state index >= 15 is 0 Å². The summed E-state index contributed by atoms with van der Waals surface area (Å²) in [5.41, 5.74) is -0.413. The van der Waals surface area contributed by atoms with E-state index in [1.807, 2.05) is 0 Å². The quantitative estimate of drug-likeness (QED) is 0.306. The molecule has 0 saturated heterocycles. The van der Waals surface area contributed by atoms with Gasteiger partial charge in [-0.1, -0.05) is 0 Å². The lowest BCUT2D eigenvalue weighted by atomic mass is 10.2. The van der Waals surface area contributed by atoms with Crippen LogP contribution in [0.3, 0.4) is 0 Å². The maximum Gasteiger partial charge on any atom is 0.340 e. The Morgan fingerprint density at radius 1 is 1.39 bits per heavy atom. The van der Waals surface area contributed by atoms with Crippen molar-refractivity contribution in [3.8, 4) is 5.75 Å². The molecule has 2 N–H and O–H groups in total. The molecule has 23 heavy (non-hydrogen) atoms. The molecule has 0 amide bonds. The summed E-state index contributed by atoms with van der Waals surface area (Å²) in [5, 5.41) is 22.7. The zero-order valence-electron chi connectivity index (χ0n) is 11.5. The Kier molecular flexibility index (Phi) is 6.82. The number of nitro groups is 1. The van der Waals surface area contributed by atoms with Crippen LogP contribution >= 0.6 is 11.6 Å². The number of non-ortho nitro benzene ring substituents is 1. The van der Waals surface area contributed by atoms with Crippen LogP contribution in [0.5, 0.6) is 5.75 Å². The number of hydrogen-bond donors (Lipinski definition) is 2. The summed E-state index contributed by atoms with van der Waals surface area (Å²) in [6.45, 7) is -1.69. The van der Waals surface area contributed by atoms with Crippen LogP contribution in [-0.2, 0) is 0 Å². The molecule has 0 aliphatic carbocycles. The van der Waals surface area contributed by atoms with Gasteiger partial charge in [-0.05, 0) is 0 Å². The predicted octanol–water partition coefficient (Wildman–Crippen LogP) is 2.89. The van der Waals surface area contributed by atoms with Gasteiger partial charge >= 0.3 is 12.3 Å². The molecule has 0 heterocycles. The molecule has 0 radical (unpaired) electrons. The van der Waals surface area contributed by atoms with E-state index in [9.17, 15) is 32.8 Å². The smallest absolute Gasteiger partial charge is 0.340 e. The summed E-state index contributed by atoms with van der Waals surface area (Å²) in [7, 11) is 0. The highest BCUT2D eigenvalue weighted by Crippen LogP contribution is 2.29. The number of nitrogens with zero attached hydrogens (tertiary/aromatic N) is 1. The molecule has 0 bridgehead atoms. The molecule has 6 nitrogen and oxygen atoms in total. The number of rotatable bonds is 9. The fourth-order valence-electron chi connectivity index (χ4n) is 1.41. The molecule has 0 spiro atoms. The third kappa shape index (κ3) is 6.06. The molecular weight excluding hydrogens is 348 g/mol. The fraction of sp³-hybridized carbons (Fsp3) is 0.500. The first-order valence-corrected chi connectivity index (χ1v) is 6.75. The van der Waals surface area contributed by atoms with Crippen LogP contribution in [0.25, 0.3) is 0 Å². The van der Waals surface area contributed by atoms with Gasteiger partial charge in [0.1, 0.15) is 5.75 Å². The number of hydrogen-bond acceptors (Lipinski definition) is 5. The van der Waals surface area contributed by atoms with E-state index in [1.165, 1.54) is 0 Å². The minimum absolute atomic E-state index is 0.0582. The van der Waals surface area contributed by atoms with E-state index in [4.69, 9.17) is 11.6 Å². The maximum atomic E-state index is 12.8. The predicted molar refractivity (Wildman–Crippen MR) is 74.8 cm³/mol. The SMILES string of the molecule is O=[N+]([O-])c1cc(NCC(O)CCl)cc(OCC(F)(F)C(F)F)c1. The number of benzene rings is 1. The van der Waals surface area contributed by atoms with Gasteiger partial charge in [0.05, 0.1) is 23.0 Å². The van der Waals surface area contributed by atoms with Crippen molar-refractivity contribution in [2.45, 2.75) is 18.5 Å². The van der Waals surface area contributed by atoms with Crippen LogP contribution in [0.2, 0.25) is 0 Å². The van der Waals surface area contributed by atoms with Gasteiger partial charge in [-0.15, -0.1) is 11.6 Å². The third-order valence-corrected chi connectivity index (χ3v) is 2.93. The molecule has 1 atom stereocenters. The minimum Gasteiger partial charge on any atom is -0.487 e. The van der Waals surface area contributed by atoms with Gasteiger partial charge in [-0.3, -0.25) is 10.1 Å².